The summed E-state index contributed by atoms with van der Waals surface area (Å²) in [6.07, 6.45) is 5.18. The van der Waals surface area contributed by atoms with Crippen molar-refractivity contribution in [1.82, 2.24) is 0 Å². The number of rotatable bonds is 4. The number of nitriles is 1. The molecule has 0 aromatic heterocycles. The second kappa shape index (κ2) is 5.93. The zero-order chi connectivity index (χ0) is 12.8. The maximum absolute atomic E-state index is 10.9. The molecule has 0 aliphatic rings. The van der Waals surface area contributed by atoms with E-state index >= 15 is 0 Å². The van der Waals surface area contributed by atoms with E-state index in [0.29, 0.717) is 15.7 Å². The topological polar surface area (TPSA) is 73.1 Å². The van der Waals surface area contributed by atoms with Gasteiger partial charge in [0.15, 0.2) is 0 Å². The van der Waals surface area contributed by atoms with Crippen LogP contribution in [0, 0.1) is 23.7 Å². The SMILES string of the molecule is C#CCC(Nc1ccc(C#N)cc1Br)C(=O)O. The molecule has 2 N–H and O–H groups in total. The Balaban J connectivity index is 2.91. The lowest BCUT2D eigenvalue weighted by atomic mass is 10.1. The van der Waals surface area contributed by atoms with E-state index in [9.17, 15) is 4.79 Å². The van der Waals surface area contributed by atoms with E-state index in [0.717, 1.165) is 0 Å². The highest BCUT2D eigenvalue weighted by molar-refractivity contribution is 9.10. The fraction of sp³-hybridized carbons (Fsp3) is 0.167. The summed E-state index contributed by atoms with van der Waals surface area (Å²) in [7, 11) is 0. The smallest absolute Gasteiger partial charge is 0.327 e. The van der Waals surface area contributed by atoms with Gasteiger partial charge in [-0.3, -0.25) is 0 Å². The third kappa shape index (κ3) is 3.51. The number of terminal acetylenes is 1. The van der Waals surface area contributed by atoms with E-state index in [2.05, 4.69) is 27.2 Å². The molecule has 0 saturated carbocycles. The summed E-state index contributed by atoms with van der Waals surface area (Å²) < 4.78 is 0.625. The normalized spacial score (nSPS) is 11.0. The fourth-order valence-electron chi connectivity index (χ4n) is 1.21. The van der Waals surface area contributed by atoms with E-state index in [1.54, 1.807) is 18.2 Å². The van der Waals surface area contributed by atoms with E-state index < -0.39 is 12.0 Å². The first-order chi connectivity index (χ1) is 8.08. The van der Waals surface area contributed by atoms with E-state index in [1.165, 1.54) is 0 Å². The number of carbonyl (C=O) groups is 1. The molecule has 0 aliphatic carbocycles. The first-order valence-electron chi connectivity index (χ1n) is 4.71. The van der Waals surface area contributed by atoms with Crippen molar-refractivity contribution in [1.29, 1.82) is 5.26 Å². The molecule has 0 fully saturated rings. The van der Waals surface area contributed by atoms with Gasteiger partial charge in [0.05, 0.1) is 11.6 Å². The Labute approximate surface area is 107 Å². The molecule has 1 atom stereocenters. The maximum Gasteiger partial charge on any atom is 0.327 e. The molecule has 1 aromatic carbocycles. The van der Waals surface area contributed by atoms with Crippen LogP contribution in [0.4, 0.5) is 5.69 Å². The molecule has 5 heteroatoms. The molecule has 1 rings (SSSR count). The number of benzene rings is 1. The minimum Gasteiger partial charge on any atom is -0.480 e. The second-order valence-electron chi connectivity index (χ2n) is 3.25. The number of aliphatic carboxylic acids is 1. The highest BCUT2D eigenvalue weighted by Crippen LogP contribution is 2.24. The van der Waals surface area contributed by atoms with Crippen LogP contribution in [0.2, 0.25) is 0 Å². The Hall–Kier alpha value is -1.98. The molecule has 1 unspecified atom stereocenters. The van der Waals surface area contributed by atoms with Gasteiger partial charge in [0.1, 0.15) is 6.04 Å². The summed E-state index contributed by atoms with van der Waals surface area (Å²) in [4.78, 5) is 10.9. The predicted molar refractivity (Wildman–Crippen MR) is 67.4 cm³/mol. The van der Waals surface area contributed by atoms with Crippen molar-refractivity contribution >= 4 is 27.6 Å². The quantitative estimate of drug-likeness (QED) is 0.835. The van der Waals surface area contributed by atoms with Crippen molar-refractivity contribution in [2.45, 2.75) is 12.5 Å². The van der Waals surface area contributed by atoms with Gasteiger partial charge >= 0.3 is 5.97 Å². The second-order valence-corrected chi connectivity index (χ2v) is 4.10. The van der Waals surface area contributed by atoms with E-state index in [4.69, 9.17) is 16.8 Å². The average Bonchev–Trinajstić information content (AvgIpc) is 2.30. The van der Waals surface area contributed by atoms with Gasteiger partial charge in [-0.15, -0.1) is 12.3 Å². The molecule has 0 aliphatic heterocycles. The molecular weight excluding hydrogens is 284 g/mol. The van der Waals surface area contributed by atoms with Gasteiger partial charge in [0, 0.05) is 16.6 Å². The van der Waals surface area contributed by atoms with Gasteiger partial charge < -0.3 is 10.4 Å². The van der Waals surface area contributed by atoms with Crippen LogP contribution >= 0.6 is 15.9 Å². The van der Waals surface area contributed by atoms with Crippen LogP contribution in [0.1, 0.15) is 12.0 Å². The molecule has 0 amide bonds. The van der Waals surface area contributed by atoms with Crippen molar-refractivity contribution in [3.8, 4) is 18.4 Å². The molecule has 0 spiro atoms. The number of halogens is 1. The summed E-state index contributed by atoms with van der Waals surface area (Å²) in [5, 5.41) is 20.4. The van der Waals surface area contributed by atoms with Crippen molar-refractivity contribution in [2.24, 2.45) is 0 Å². The molecular formula is C12H9BrN2O2. The first-order valence-corrected chi connectivity index (χ1v) is 5.50. The van der Waals surface area contributed by atoms with Crippen LogP contribution in [0.25, 0.3) is 0 Å². The molecule has 0 radical (unpaired) electrons. The Morgan fingerprint density at radius 3 is 2.82 bits per heavy atom. The first kappa shape index (κ1) is 13.1. The molecule has 0 saturated heterocycles. The third-order valence-corrected chi connectivity index (χ3v) is 2.70. The number of nitrogens with one attached hydrogen (secondary N) is 1. The summed E-state index contributed by atoms with van der Waals surface area (Å²) in [6, 6.07) is 5.99. The summed E-state index contributed by atoms with van der Waals surface area (Å²) in [6.45, 7) is 0. The van der Waals surface area contributed by atoms with Gasteiger partial charge in [0.25, 0.3) is 0 Å². The predicted octanol–water partition coefficient (Wildman–Crippen LogP) is 2.21. The number of carboxylic acids is 1. The highest BCUT2D eigenvalue weighted by atomic mass is 79.9. The number of anilines is 1. The van der Waals surface area contributed by atoms with Gasteiger partial charge in [-0.1, -0.05) is 0 Å². The standard InChI is InChI=1S/C12H9BrN2O2/c1-2-3-11(12(16)17)15-10-5-4-8(7-14)6-9(10)13/h1,4-6,11,15H,3H2,(H,16,17). The molecule has 86 valence electrons. The Morgan fingerprint density at radius 1 is 1.65 bits per heavy atom. The zero-order valence-electron chi connectivity index (χ0n) is 8.77. The zero-order valence-corrected chi connectivity index (χ0v) is 10.4. The summed E-state index contributed by atoms with van der Waals surface area (Å²) in [5.41, 5.74) is 1.08. The summed E-state index contributed by atoms with van der Waals surface area (Å²) in [5.74, 6) is 1.29. The maximum atomic E-state index is 10.9. The lowest BCUT2D eigenvalue weighted by Gasteiger charge is -2.14. The van der Waals surface area contributed by atoms with Crippen molar-refractivity contribution in [3.05, 3.63) is 28.2 Å². The molecule has 4 nitrogen and oxygen atoms in total. The number of carboxylic acid groups (broad SMARTS) is 1. The van der Waals surface area contributed by atoms with Crippen molar-refractivity contribution in [3.63, 3.8) is 0 Å². The molecule has 0 bridgehead atoms. The Bertz CT molecular complexity index is 514. The number of nitrogens with zero attached hydrogens (tertiary/aromatic N) is 1. The Kier molecular flexibility index (Phi) is 4.56. The van der Waals surface area contributed by atoms with E-state index in [1.807, 2.05) is 6.07 Å². The number of hydrogen-bond acceptors (Lipinski definition) is 3. The highest BCUT2D eigenvalue weighted by Gasteiger charge is 2.16. The summed E-state index contributed by atoms with van der Waals surface area (Å²) >= 11 is 3.26. The lowest BCUT2D eigenvalue weighted by molar-refractivity contribution is -0.137. The van der Waals surface area contributed by atoms with Crippen LogP contribution in [-0.2, 0) is 4.79 Å². The van der Waals surface area contributed by atoms with Gasteiger partial charge in [0.2, 0.25) is 0 Å². The lowest BCUT2D eigenvalue weighted by Crippen LogP contribution is -2.28. The van der Waals surface area contributed by atoms with Gasteiger partial charge in [-0.05, 0) is 34.1 Å². The van der Waals surface area contributed by atoms with Crippen LogP contribution in [-0.4, -0.2) is 17.1 Å². The van der Waals surface area contributed by atoms with Crippen LogP contribution in [0.3, 0.4) is 0 Å². The third-order valence-electron chi connectivity index (χ3n) is 2.05. The van der Waals surface area contributed by atoms with E-state index in [-0.39, 0.29) is 6.42 Å². The van der Waals surface area contributed by atoms with Crippen LogP contribution in [0.5, 0.6) is 0 Å². The minimum absolute atomic E-state index is 0.0851. The van der Waals surface area contributed by atoms with Crippen molar-refractivity contribution < 1.29 is 9.90 Å². The molecule has 17 heavy (non-hydrogen) atoms. The van der Waals surface area contributed by atoms with Gasteiger partial charge in [-0.2, -0.15) is 5.26 Å². The Morgan fingerprint density at radius 2 is 2.35 bits per heavy atom. The van der Waals surface area contributed by atoms with Crippen molar-refractivity contribution in [2.75, 3.05) is 5.32 Å². The fourth-order valence-corrected chi connectivity index (χ4v) is 1.70. The average molecular weight is 293 g/mol. The minimum atomic E-state index is -1.01. The number of hydrogen-bond donors (Lipinski definition) is 2. The largest absolute Gasteiger partial charge is 0.480 e. The monoisotopic (exact) mass is 292 g/mol. The van der Waals surface area contributed by atoms with Crippen LogP contribution in [0.15, 0.2) is 22.7 Å². The molecule has 1 aromatic rings. The molecule has 0 heterocycles. The van der Waals surface area contributed by atoms with Gasteiger partial charge in [-0.25, -0.2) is 4.79 Å². The van der Waals surface area contributed by atoms with Crippen LogP contribution < -0.4 is 5.32 Å².